The average molecular weight is 429 g/mol. The van der Waals surface area contributed by atoms with Crippen LogP contribution in [0.4, 0.5) is 10.9 Å². The summed E-state index contributed by atoms with van der Waals surface area (Å²) in [5, 5.41) is 11.1. The fourth-order valence-corrected chi connectivity index (χ4v) is 5.48. The highest BCUT2D eigenvalue weighted by atomic mass is 32.1. The van der Waals surface area contributed by atoms with Crippen molar-refractivity contribution < 1.29 is 4.79 Å². The lowest BCUT2D eigenvalue weighted by molar-refractivity contribution is -0.123. The largest absolute Gasteiger partial charge is 0.351 e. The molecule has 7 nitrogen and oxygen atoms in total. The van der Waals surface area contributed by atoms with Crippen LogP contribution in [-0.2, 0) is 4.79 Å². The maximum absolute atomic E-state index is 13.6. The van der Waals surface area contributed by atoms with Crippen molar-refractivity contribution in [2.75, 3.05) is 29.9 Å². The van der Waals surface area contributed by atoms with Crippen LogP contribution in [0.15, 0.2) is 29.9 Å². The molecule has 2 unspecified atom stereocenters. The first-order chi connectivity index (χ1) is 14.6. The number of thiazole rings is 1. The predicted molar refractivity (Wildman–Crippen MR) is 121 cm³/mol. The van der Waals surface area contributed by atoms with E-state index in [1.807, 2.05) is 29.3 Å². The number of carbonyl (C=O) groups excluding carboxylic acids is 1. The van der Waals surface area contributed by atoms with Crippen LogP contribution >= 0.6 is 11.3 Å². The Morgan fingerprint density at radius 2 is 2.07 bits per heavy atom. The topological polar surface area (TPSA) is 65.5 Å². The molecule has 2 aliphatic rings. The highest BCUT2D eigenvalue weighted by Gasteiger charge is 2.35. The summed E-state index contributed by atoms with van der Waals surface area (Å²) >= 11 is 1.56. The maximum Gasteiger partial charge on any atom is 0.246 e. The molecule has 1 aliphatic carbocycles. The third-order valence-corrected chi connectivity index (χ3v) is 7.32. The number of carbonyl (C=O) groups is 1. The van der Waals surface area contributed by atoms with Gasteiger partial charge in [-0.3, -0.25) is 14.6 Å². The van der Waals surface area contributed by atoms with Gasteiger partial charge in [0.05, 0.1) is 6.04 Å². The molecule has 8 heteroatoms. The molecule has 0 aromatic carbocycles. The molecule has 30 heavy (non-hydrogen) atoms. The van der Waals surface area contributed by atoms with Gasteiger partial charge in [-0.15, -0.1) is 16.4 Å². The first-order valence-electron chi connectivity index (χ1n) is 11.1. The molecule has 162 valence electrons. The second-order valence-electron chi connectivity index (χ2n) is 8.50. The van der Waals surface area contributed by atoms with E-state index in [-0.39, 0.29) is 18.0 Å². The monoisotopic (exact) mass is 428 g/mol. The Kier molecular flexibility index (Phi) is 6.94. The fraction of sp³-hybridized carbons (Fsp3) is 0.636. The van der Waals surface area contributed by atoms with Crippen molar-refractivity contribution in [3.8, 4) is 0 Å². The first kappa shape index (κ1) is 21.2. The number of nitrogens with zero attached hydrogens (tertiary/aromatic N) is 6. The second kappa shape index (κ2) is 9.83. The first-order valence-corrected chi connectivity index (χ1v) is 12.0. The van der Waals surface area contributed by atoms with E-state index in [9.17, 15) is 4.79 Å². The van der Waals surface area contributed by atoms with Crippen LogP contribution in [-0.4, -0.2) is 64.3 Å². The fourth-order valence-electron chi connectivity index (χ4n) is 4.76. The third kappa shape index (κ3) is 4.64. The van der Waals surface area contributed by atoms with Crippen LogP contribution < -0.4 is 9.80 Å². The molecule has 0 radical (unpaired) electrons. The predicted octanol–water partition coefficient (Wildman–Crippen LogP) is 3.59. The second-order valence-corrected chi connectivity index (χ2v) is 9.37. The SMILES string of the molecule is CC(C(=O)N(c1nccs1)C1CCCCC1)N(C)CC1CCCN1c1cccnn1. The summed E-state index contributed by atoms with van der Waals surface area (Å²) in [6.45, 7) is 3.86. The molecule has 1 saturated carbocycles. The van der Waals surface area contributed by atoms with Gasteiger partial charge in [0.1, 0.15) is 0 Å². The average Bonchev–Trinajstić information content (AvgIpc) is 3.47. The number of likely N-dealkylation sites (N-methyl/N-ethyl adjacent to an activating group) is 1. The van der Waals surface area contributed by atoms with Crippen molar-refractivity contribution in [2.24, 2.45) is 0 Å². The van der Waals surface area contributed by atoms with E-state index in [0.29, 0.717) is 6.04 Å². The van der Waals surface area contributed by atoms with Crippen molar-refractivity contribution in [2.45, 2.75) is 70.0 Å². The number of aromatic nitrogens is 3. The quantitative estimate of drug-likeness (QED) is 0.671. The van der Waals surface area contributed by atoms with Gasteiger partial charge >= 0.3 is 0 Å². The standard InChI is InChI=1S/C22H32N6OS/c1-17(21(29)28(22-23-13-15-30-22)18-8-4-3-5-9-18)26(2)16-19-10-7-14-27(19)20-11-6-12-24-25-20/h6,11-13,15,17-19H,3-5,7-10,14,16H2,1-2H3. The molecular weight excluding hydrogens is 396 g/mol. The summed E-state index contributed by atoms with van der Waals surface area (Å²) in [5.41, 5.74) is 0. The van der Waals surface area contributed by atoms with Gasteiger partial charge in [-0.05, 0) is 51.8 Å². The van der Waals surface area contributed by atoms with E-state index >= 15 is 0 Å². The molecular formula is C22H32N6OS. The molecule has 4 rings (SSSR count). The van der Waals surface area contributed by atoms with Crippen molar-refractivity contribution in [1.29, 1.82) is 0 Å². The Bertz CT molecular complexity index is 795. The smallest absolute Gasteiger partial charge is 0.246 e. The van der Waals surface area contributed by atoms with E-state index in [0.717, 1.165) is 49.7 Å². The summed E-state index contributed by atoms with van der Waals surface area (Å²) in [6, 6.07) is 4.39. The minimum absolute atomic E-state index is 0.170. The number of amides is 1. The van der Waals surface area contributed by atoms with Crippen LogP contribution in [0.1, 0.15) is 51.9 Å². The van der Waals surface area contributed by atoms with E-state index in [4.69, 9.17) is 0 Å². The molecule has 0 bridgehead atoms. The lowest BCUT2D eigenvalue weighted by Crippen LogP contribution is -2.52. The van der Waals surface area contributed by atoms with Gasteiger partial charge in [-0.1, -0.05) is 19.3 Å². The third-order valence-electron chi connectivity index (χ3n) is 6.55. The number of rotatable bonds is 7. The minimum atomic E-state index is -0.194. The van der Waals surface area contributed by atoms with E-state index in [1.54, 1.807) is 23.7 Å². The summed E-state index contributed by atoms with van der Waals surface area (Å²) in [6.07, 6.45) is 11.6. The molecule has 1 saturated heterocycles. The molecule has 2 aromatic heterocycles. The van der Waals surface area contributed by atoms with Crippen LogP contribution in [0.2, 0.25) is 0 Å². The van der Waals surface area contributed by atoms with Crippen molar-refractivity contribution in [3.63, 3.8) is 0 Å². The Hall–Kier alpha value is -2.06. The van der Waals surface area contributed by atoms with Crippen molar-refractivity contribution in [3.05, 3.63) is 29.9 Å². The lowest BCUT2D eigenvalue weighted by atomic mass is 9.94. The summed E-state index contributed by atoms with van der Waals surface area (Å²) in [4.78, 5) is 24.6. The van der Waals surface area contributed by atoms with Gasteiger partial charge in [0.25, 0.3) is 0 Å². The Labute approximate surface area is 183 Å². The molecule has 3 heterocycles. The number of hydrogen-bond donors (Lipinski definition) is 0. The number of hydrogen-bond acceptors (Lipinski definition) is 7. The molecule has 2 fully saturated rings. The Balaban J connectivity index is 1.45. The molecule has 0 spiro atoms. The summed E-state index contributed by atoms with van der Waals surface area (Å²) < 4.78 is 0. The van der Waals surface area contributed by atoms with Gasteiger partial charge in [0.2, 0.25) is 5.91 Å². The van der Waals surface area contributed by atoms with E-state index in [1.165, 1.54) is 19.3 Å². The maximum atomic E-state index is 13.6. The Morgan fingerprint density at radius 3 is 2.77 bits per heavy atom. The van der Waals surface area contributed by atoms with Crippen LogP contribution in [0, 0.1) is 0 Å². The Morgan fingerprint density at radius 1 is 1.23 bits per heavy atom. The van der Waals surface area contributed by atoms with Crippen LogP contribution in [0.5, 0.6) is 0 Å². The molecule has 2 atom stereocenters. The van der Waals surface area contributed by atoms with Crippen molar-refractivity contribution >= 4 is 28.2 Å². The normalized spacial score (nSPS) is 21.2. The summed E-state index contributed by atoms with van der Waals surface area (Å²) in [5.74, 6) is 1.10. The van der Waals surface area contributed by atoms with Gasteiger partial charge < -0.3 is 4.90 Å². The number of anilines is 2. The zero-order valence-corrected chi connectivity index (χ0v) is 18.8. The van der Waals surface area contributed by atoms with E-state index < -0.39 is 0 Å². The zero-order valence-electron chi connectivity index (χ0n) is 18.0. The van der Waals surface area contributed by atoms with Gasteiger partial charge in [0, 0.05) is 42.9 Å². The highest BCUT2D eigenvalue weighted by molar-refractivity contribution is 7.13. The molecule has 1 amide bonds. The molecule has 2 aromatic rings. The van der Waals surface area contributed by atoms with Gasteiger partial charge in [-0.2, -0.15) is 5.10 Å². The van der Waals surface area contributed by atoms with Crippen LogP contribution in [0.3, 0.4) is 0 Å². The summed E-state index contributed by atoms with van der Waals surface area (Å²) in [7, 11) is 2.07. The van der Waals surface area contributed by atoms with Gasteiger partial charge in [-0.25, -0.2) is 4.98 Å². The van der Waals surface area contributed by atoms with Crippen molar-refractivity contribution in [1.82, 2.24) is 20.1 Å². The zero-order chi connectivity index (χ0) is 20.9. The van der Waals surface area contributed by atoms with E-state index in [2.05, 4.69) is 32.0 Å². The van der Waals surface area contributed by atoms with Gasteiger partial charge in [0.15, 0.2) is 10.9 Å². The highest BCUT2D eigenvalue weighted by Crippen LogP contribution is 2.30. The molecule has 0 N–H and O–H groups in total. The van der Waals surface area contributed by atoms with Crippen LogP contribution in [0.25, 0.3) is 0 Å². The minimum Gasteiger partial charge on any atom is -0.351 e. The molecule has 1 aliphatic heterocycles. The lowest BCUT2D eigenvalue weighted by Gasteiger charge is -2.37.